The van der Waals surface area contributed by atoms with Crippen molar-refractivity contribution in [3.05, 3.63) is 64.8 Å². The van der Waals surface area contributed by atoms with Crippen LogP contribution in [-0.2, 0) is 11.3 Å². The fourth-order valence-electron chi connectivity index (χ4n) is 3.16. The highest BCUT2D eigenvalue weighted by molar-refractivity contribution is 6.30. The maximum atomic E-state index is 13.1. The first-order valence-electron chi connectivity index (χ1n) is 10.7. The topological polar surface area (TPSA) is 107 Å². The van der Waals surface area contributed by atoms with Crippen molar-refractivity contribution in [3.63, 3.8) is 0 Å². The number of nitrogens with one attached hydrogen (secondary N) is 2. The Hall–Kier alpha value is -3.48. The lowest BCUT2D eigenvalue weighted by molar-refractivity contribution is -0.274. The second-order valence-corrected chi connectivity index (χ2v) is 7.71. The number of halogens is 4. The first-order chi connectivity index (χ1) is 17.2. The number of hydrogen-bond donors (Lipinski definition) is 3. The molecule has 0 unspecified atom stereocenters. The number of anilines is 1. The van der Waals surface area contributed by atoms with Gasteiger partial charge < -0.3 is 30.0 Å². The van der Waals surface area contributed by atoms with Gasteiger partial charge in [-0.25, -0.2) is 0 Å². The van der Waals surface area contributed by atoms with Crippen molar-refractivity contribution in [2.75, 3.05) is 38.7 Å². The average Bonchev–Trinajstić information content (AvgIpc) is 3.16. The molecule has 3 aromatic rings. The second kappa shape index (κ2) is 12.5. The highest BCUT2D eigenvalue weighted by Crippen LogP contribution is 2.31. The van der Waals surface area contributed by atoms with E-state index in [0.717, 1.165) is 17.7 Å². The molecule has 2 aromatic carbocycles. The number of alkyl halides is 3. The number of carbonyl (C=O) groups is 1. The molecule has 0 aliphatic rings. The Morgan fingerprint density at radius 3 is 2.53 bits per heavy atom. The number of aromatic nitrogens is 2. The van der Waals surface area contributed by atoms with Crippen molar-refractivity contribution in [1.82, 2.24) is 14.9 Å². The number of aliphatic hydroxyl groups is 1. The Balaban J connectivity index is 1.93. The summed E-state index contributed by atoms with van der Waals surface area (Å²) in [4.78, 5) is 17.4. The van der Waals surface area contributed by atoms with E-state index in [1.807, 2.05) is 0 Å². The molecule has 1 amide bonds. The summed E-state index contributed by atoms with van der Waals surface area (Å²) in [5, 5.41) is 14.9. The van der Waals surface area contributed by atoms with Gasteiger partial charge in [-0.2, -0.15) is 4.98 Å². The third kappa shape index (κ3) is 7.77. The predicted octanol–water partition coefficient (Wildman–Crippen LogP) is 4.06. The zero-order chi connectivity index (χ0) is 26.1. The van der Waals surface area contributed by atoms with Crippen molar-refractivity contribution >= 4 is 23.3 Å². The molecule has 1 aromatic heterocycles. The summed E-state index contributed by atoms with van der Waals surface area (Å²) in [6, 6.07) is 11.8. The number of carbonyl (C=O) groups excluding carboxylic acids is 1. The van der Waals surface area contributed by atoms with Crippen LogP contribution in [0.2, 0.25) is 5.02 Å². The quantitative estimate of drug-likeness (QED) is 0.304. The SMILES string of the molecule is CNc1nc(Oc2cccc(OC(F)(F)F)c2)n(Cc2ccc(Cl)cc2)c1C(=O)NCCOCCO. The fraction of sp³-hybridized carbons (Fsp3) is 0.304. The molecule has 0 aliphatic carbocycles. The van der Waals surface area contributed by atoms with Crippen LogP contribution in [0.5, 0.6) is 17.5 Å². The molecule has 0 atom stereocenters. The maximum Gasteiger partial charge on any atom is 0.573 e. The molecule has 0 bridgehead atoms. The van der Waals surface area contributed by atoms with E-state index in [9.17, 15) is 18.0 Å². The third-order valence-electron chi connectivity index (χ3n) is 4.65. The molecule has 9 nitrogen and oxygen atoms in total. The first-order valence-corrected chi connectivity index (χ1v) is 11.1. The molecule has 0 spiro atoms. The lowest BCUT2D eigenvalue weighted by Gasteiger charge is -2.14. The normalized spacial score (nSPS) is 11.3. The minimum atomic E-state index is -4.86. The third-order valence-corrected chi connectivity index (χ3v) is 4.91. The summed E-state index contributed by atoms with van der Waals surface area (Å²) in [5.41, 5.74) is 0.895. The van der Waals surface area contributed by atoms with E-state index in [0.29, 0.717) is 5.02 Å². The van der Waals surface area contributed by atoms with Gasteiger partial charge in [-0.3, -0.25) is 9.36 Å². The molecule has 0 saturated carbocycles. The lowest BCUT2D eigenvalue weighted by Crippen LogP contribution is -2.30. The Morgan fingerprint density at radius 1 is 1.14 bits per heavy atom. The van der Waals surface area contributed by atoms with Crippen LogP contribution in [0.4, 0.5) is 19.0 Å². The number of rotatable bonds is 12. The summed E-state index contributed by atoms with van der Waals surface area (Å²) >= 11 is 5.98. The average molecular weight is 529 g/mol. The smallest absolute Gasteiger partial charge is 0.425 e. The fourth-order valence-corrected chi connectivity index (χ4v) is 3.29. The van der Waals surface area contributed by atoms with Gasteiger partial charge in [0.1, 0.15) is 11.5 Å². The van der Waals surface area contributed by atoms with Crippen molar-refractivity contribution in [2.24, 2.45) is 0 Å². The van der Waals surface area contributed by atoms with Crippen molar-refractivity contribution < 1.29 is 37.3 Å². The molecular formula is C23H24ClF3N4O5. The second-order valence-electron chi connectivity index (χ2n) is 7.27. The Kier molecular flexibility index (Phi) is 9.39. The Labute approximate surface area is 209 Å². The highest BCUT2D eigenvalue weighted by Gasteiger charge is 2.31. The van der Waals surface area contributed by atoms with Gasteiger partial charge in [0, 0.05) is 24.7 Å². The number of benzene rings is 2. The minimum Gasteiger partial charge on any atom is -0.425 e. The van der Waals surface area contributed by atoms with E-state index in [4.69, 9.17) is 26.2 Å². The first kappa shape index (κ1) is 27.1. The largest absolute Gasteiger partial charge is 0.573 e. The van der Waals surface area contributed by atoms with Crippen LogP contribution in [0.15, 0.2) is 48.5 Å². The van der Waals surface area contributed by atoms with E-state index < -0.39 is 18.0 Å². The minimum absolute atomic E-state index is 0.0196. The van der Waals surface area contributed by atoms with Crippen molar-refractivity contribution in [2.45, 2.75) is 12.9 Å². The van der Waals surface area contributed by atoms with Crippen molar-refractivity contribution in [3.8, 4) is 17.5 Å². The van der Waals surface area contributed by atoms with Crippen LogP contribution in [0.25, 0.3) is 0 Å². The van der Waals surface area contributed by atoms with Crippen LogP contribution in [0, 0.1) is 0 Å². The van der Waals surface area contributed by atoms with E-state index in [1.165, 1.54) is 16.7 Å². The number of nitrogens with zero attached hydrogens (tertiary/aromatic N) is 2. The molecule has 36 heavy (non-hydrogen) atoms. The Morgan fingerprint density at radius 2 is 1.86 bits per heavy atom. The summed E-state index contributed by atoms with van der Waals surface area (Å²) < 4.78 is 54.3. The number of amides is 1. The number of ether oxygens (including phenoxy) is 3. The van der Waals surface area contributed by atoms with Gasteiger partial charge in [-0.15, -0.1) is 13.2 Å². The Bertz CT molecular complexity index is 1160. The zero-order valence-electron chi connectivity index (χ0n) is 19.1. The number of imidazole rings is 1. The van der Waals surface area contributed by atoms with Gasteiger partial charge in [-0.1, -0.05) is 29.8 Å². The van der Waals surface area contributed by atoms with Crippen LogP contribution < -0.4 is 20.1 Å². The highest BCUT2D eigenvalue weighted by atomic mass is 35.5. The molecule has 0 radical (unpaired) electrons. The number of aliphatic hydroxyl groups excluding tert-OH is 1. The molecule has 3 N–H and O–H groups in total. The van der Waals surface area contributed by atoms with E-state index in [-0.39, 0.29) is 56.2 Å². The molecule has 13 heteroatoms. The molecule has 194 valence electrons. The molecule has 0 aliphatic heterocycles. The maximum absolute atomic E-state index is 13.1. The zero-order valence-corrected chi connectivity index (χ0v) is 19.9. The van der Waals surface area contributed by atoms with Crippen molar-refractivity contribution in [1.29, 1.82) is 0 Å². The van der Waals surface area contributed by atoms with Crippen LogP contribution in [-0.4, -0.2) is 60.3 Å². The van der Waals surface area contributed by atoms with E-state index >= 15 is 0 Å². The van der Waals surface area contributed by atoms with Crippen LogP contribution >= 0.6 is 11.6 Å². The molecule has 0 fully saturated rings. The summed E-state index contributed by atoms with van der Waals surface area (Å²) in [6.45, 7) is 0.496. The van der Waals surface area contributed by atoms with Gasteiger partial charge in [-0.05, 0) is 29.8 Å². The number of hydrogen-bond acceptors (Lipinski definition) is 7. The predicted molar refractivity (Wildman–Crippen MR) is 126 cm³/mol. The molecule has 1 heterocycles. The summed E-state index contributed by atoms with van der Waals surface area (Å²) in [5.74, 6) is -0.746. The van der Waals surface area contributed by atoms with E-state index in [2.05, 4.69) is 20.4 Å². The van der Waals surface area contributed by atoms with Crippen LogP contribution in [0.1, 0.15) is 16.1 Å². The molecule has 3 rings (SSSR count). The van der Waals surface area contributed by atoms with Gasteiger partial charge in [0.15, 0.2) is 11.5 Å². The van der Waals surface area contributed by atoms with Gasteiger partial charge in [0.05, 0.1) is 26.4 Å². The van der Waals surface area contributed by atoms with E-state index in [1.54, 1.807) is 31.3 Å². The standard InChI is InChI=1S/C23H24ClF3N4O5/c1-28-20-19(21(33)29-9-11-34-12-10-32)31(14-15-5-7-16(24)8-6-15)22(30-20)35-17-3-2-4-18(13-17)36-23(25,26)27/h2-8,13,28,32H,9-12,14H2,1H3,(H,29,33). The lowest BCUT2D eigenvalue weighted by atomic mass is 10.2. The van der Waals surface area contributed by atoms with Crippen LogP contribution in [0.3, 0.4) is 0 Å². The molecule has 0 saturated heterocycles. The summed E-state index contributed by atoms with van der Waals surface area (Å²) in [7, 11) is 1.57. The van der Waals surface area contributed by atoms with Gasteiger partial charge in [0.2, 0.25) is 0 Å². The monoisotopic (exact) mass is 528 g/mol. The van der Waals surface area contributed by atoms with Gasteiger partial charge in [0.25, 0.3) is 5.91 Å². The summed E-state index contributed by atoms with van der Waals surface area (Å²) in [6.07, 6.45) is -4.86. The molecular weight excluding hydrogens is 505 g/mol. The van der Waals surface area contributed by atoms with Gasteiger partial charge >= 0.3 is 12.4 Å².